The molecule has 2 rings (SSSR count). The van der Waals surface area contributed by atoms with Crippen molar-refractivity contribution in [2.45, 2.75) is 19.9 Å². The van der Waals surface area contributed by atoms with E-state index in [4.69, 9.17) is 4.74 Å². The number of morpholine rings is 1. The number of ether oxygens (including phenoxy) is 1. The standard InChI is InChI=1S/C12H16FNO/c1-8-3-4-10(13)12(9(8)2)11-7-15-6-5-14-11/h3-4,11,14H,5-7H2,1-2H3. The molecule has 1 heterocycles. The Morgan fingerprint density at radius 2 is 2.20 bits per heavy atom. The molecule has 0 bridgehead atoms. The van der Waals surface area contributed by atoms with Gasteiger partial charge >= 0.3 is 0 Å². The van der Waals surface area contributed by atoms with Gasteiger partial charge in [-0.1, -0.05) is 6.07 Å². The van der Waals surface area contributed by atoms with Gasteiger partial charge in [0.15, 0.2) is 0 Å². The molecule has 1 fully saturated rings. The van der Waals surface area contributed by atoms with Gasteiger partial charge in [0.1, 0.15) is 5.82 Å². The lowest BCUT2D eigenvalue weighted by molar-refractivity contribution is 0.0755. The maximum absolute atomic E-state index is 13.7. The number of aryl methyl sites for hydroxylation is 1. The molecule has 0 aliphatic carbocycles. The number of benzene rings is 1. The zero-order valence-corrected chi connectivity index (χ0v) is 9.14. The van der Waals surface area contributed by atoms with Gasteiger partial charge in [0, 0.05) is 12.1 Å². The van der Waals surface area contributed by atoms with Crippen LogP contribution in [-0.2, 0) is 4.74 Å². The third kappa shape index (κ3) is 2.03. The van der Waals surface area contributed by atoms with E-state index in [9.17, 15) is 4.39 Å². The number of rotatable bonds is 1. The van der Waals surface area contributed by atoms with Crippen molar-refractivity contribution >= 4 is 0 Å². The fourth-order valence-electron chi connectivity index (χ4n) is 1.98. The predicted molar refractivity (Wildman–Crippen MR) is 57.4 cm³/mol. The average Bonchev–Trinajstić information content (AvgIpc) is 2.26. The second kappa shape index (κ2) is 4.29. The molecule has 1 unspecified atom stereocenters. The highest BCUT2D eigenvalue weighted by atomic mass is 19.1. The van der Waals surface area contributed by atoms with E-state index in [2.05, 4.69) is 5.32 Å². The number of nitrogens with one attached hydrogen (secondary N) is 1. The summed E-state index contributed by atoms with van der Waals surface area (Å²) in [4.78, 5) is 0. The normalized spacial score (nSPS) is 21.7. The number of halogens is 1. The minimum atomic E-state index is -0.138. The molecule has 1 aliphatic rings. The molecular weight excluding hydrogens is 193 g/mol. The Balaban J connectivity index is 2.36. The topological polar surface area (TPSA) is 21.3 Å². The molecule has 1 aromatic carbocycles. The van der Waals surface area contributed by atoms with E-state index >= 15 is 0 Å². The van der Waals surface area contributed by atoms with Gasteiger partial charge in [-0.2, -0.15) is 0 Å². The summed E-state index contributed by atoms with van der Waals surface area (Å²) in [6, 6.07) is 3.35. The van der Waals surface area contributed by atoms with Crippen LogP contribution in [0.25, 0.3) is 0 Å². The average molecular weight is 209 g/mol. The molecule has 1 atom stereocenters. The highest BCUT2D eigenvalue weighted by Crippen LogP contribution is 2.25. The summed E-state index contributed by atoms with van der Waals surface area (Å²) in [5.41, 5.74) is 2.91. The minimum absolute atomic E-state index is 0.00125. The van der Waals surface area contributed by atoms with Crippen molar-refractivity contribution in [1.29, 1.82) is 0 Å². The van der Waals surface area contributed by atoms with Gasteiger partial charge in [0.05, 0.1) is 19.3 Å². The fourth-order valence-corrected chi connectivity index (χ4v) is 1.98. The van der Waals surface area contributed by atoms with Gasteiger partial charge in [0.25, 0.3) is 0 Å². The smallest absolute Gasteiger partial charge is 0.128 e. The zero-order chi connectivity index (χ0) is 10.8. The van der Waals surface area contributed by atoms with Crippen LogP contribution in [0.5, 0.6) is 0 Å². The largest absolute Gasteiger partial charge is 0.378 e. The highest BCUT2D eigenvalue weighted by Gasteiger charge is 2.21. The Morgan fingerprint density at radius 3 is 2.87 bits per heavy atom. The van der Waals surface area contributed by atoms with Gasteiger partial charge < -0.3 is 10.1 Å². The number of hydrogen-bond acceptors (Lipinski definition) is 2. The summed E-state index contributed by atoms with van der Waals surface area (Å²) < 4.78 is 19.1. The fraction of sp³-hybridized carbons (Fsp3) is 0.500. The van der Waals surface area contributed by atoms with Gasteiger partial charge in [-0.05, 0) is 31.0 Å². The van der Waals surface area contributed by atoms with Crippen LogP contribution in [0.1, 0.15) is 22.7 Å². The van der Waals surface area contributed by atoms with Gasteiger partial charge in [-0.3, -0.25) is 0 Å². The second-order valence-electron chi connectivity index (χ2n) is 3.98. The van der Waals surface area contributed by atoms with E-state index in [0.29, 0.717) is 13.2 Å². The molecule has 0 aromatic heterocycles. The molecule has 15 heavy (non-hydrogen) atoms. The Kier molecular flexibility index (Phi) is 3.03. The lowest BCUT2D eigenvalue weighted by atomic mass is 9.96. The molecule has 0 saturated carbocycles. The van der Waals surface area contributed by atoms with Crippen molar-refractivity contribution in [3.05, 3.63) is 34.6 Å². The van der Waals surface area contributed by atoms with Crippen LogP contribution in [0.3, 0.4) is 0 Å². The molecule has 1 saturated heterocycles. The van der Waals surface area contributed by atoms with E-state index in [-0.39, 0.29) is 11.9 Å². The molecule has 3 heteroatoms. The lowest BCUT2D eigenvalue weighted by Gasteiger charge is -2.26. The maximum atomic E-state index is 13.7. The first kappa shape index (κ1) is 10.6. The minimum Gasteiger partial charge on any atom is -0.378 e. The van der Waals surface area contributed by atoms with Crippen LogP contribution < -0.4 is 5.32 Å². The first-order valence-corrected chi connectivity index (χ1v) is 5.27. The molecule has 82 valence electrons. The summed E-state index contributed by atoms with van der Waals surface area (Å²) in [6.07, 6.45) is 0. The van der Waals surface area contributed by atoms with E-state index in [1.807, 2.05) is 19.9 Å². The second-order valence-corrected chi connectivity index (χ2v) is 3.98. The van der Waals surface area contributed by atoms with Crippen molar-refractivity contribution in [3.63, 3.8) is 0 Å². The van der Waals surface area contributed by atoms with Crippen molar-refractivity contribution in [2.75, 3.05) is 19.8 Å². The van der Waals surface area contributed by atoms with E-state index < -0.39 is 0 Å². The summed E-state index contributed by atoms with van der Waals surface area (Å²) in [5, 5.41) is 3.28. The third-order valence-corrected chi connectivity index (χ3v) is 3.00. The van der Waals surface area contributed by atoms with Crippen LogP contribution in [0.15, 0.2) is 12.1 Å². The van der Waals surface area contributed by atoms with E-state index in [1.54, 1.807) is 0 Å². The highest BCUT2D eigenvalue weighted by molar-refractivity contribution is 5.36. The lowest BCUT2D eigenvalue weighted by Crippen LogP contribution is -2.35. The molecule has 1 N–H and O–H groups in total. The van der Waals surface area contributed by atoms with Crippen LogP contribution >= 0.6 is 0 Å². The van der Waals surface area contributed by atoms with Crippen molar-refractivity contribution in [1.82, 2.24) is 5.32 Å². The first-order chi connectivity index (χ1) is 7.20. The zero-order valence-electron chi connectivity index (χ0n) is 9.14. The van der Waals surface area contributed by atoms with Crippen molar-refractivity contribution < 1.29 is 9.13 Å². The predicted octanol–water partition coefficient (Wildman–Crippen LogP) is 2.10. The van der Waals surface area contributed by atoms with Crippen LogP contribution in [0.4, 0.5) is 4.39 Å². The Bertz CT molecular complexity index is 359. The molecular formula is C12H16FNO. The molecule has 1 aliphatic heterocycles. The summed E-state index contributed by atoms with van der Waals surface area (Å²) in [7, 11) is 0. The molecule has 2 nitrogen and oxygen atoms in total. The monoisotopic (exact) mass is 209 g/mol. The van der Waals surface area contributed by atoms with Gasteiger partial charge in [-0.25, -0.2) is 4.39 Å². The Morgan fingerprint density at radius 1 is 1.40 bits per heavy atom. The SMILES string of the molecule is Cc1ccc(F)c(C2COCCN2)c1C. The molecule has 0 amide bonds. The first-order valence-electron chi connectivity index (χ1n) is 5.27. The molecule has 0 radical (unpaired) electrons. The third-order valence-electron chi connectivity index (χ3n) is 3.00. The summed E-state index contributed by atoms with van der Waals surface area (Å²) >= 11 is 0. The van der Waals surface area contributed by atoms with E-state index in [1.165, 1.54) is 6.07 Å². The maximum Gasteiger partial charge on any atom is 0.128 e. The van der Waals surface area contributed by atoms with Gasteiger partial charge in [0.2, 0.25) is 0 Å². The van der Waals surface area contributed by atoms with Crippen LogP contribution in [0, 0.1) is 19.7 Å². The number of hydrogen-bond donors (Lipinski definition) is 1. The van der Waals surface area contributed by atoms with Gasteiger partial charge in [-0.15, -0.1) is 0 Å². The van der Waals surface area contributed by atoms with Crippen LogP contribution in [0.2, 0.25) is 0 Å². The summed E-state index contributed by atoms with van der Waals surface area (Å²) in [6.45, 7) is 6.02. The van der Waals surface area contributed by atoms with E-state index in [0.717, 1.165) is 23.2 Å². The summed E-state index contributed by atoms with van der Waals surface area (Å²) in [5.74, 6) is -0.138. The van der Waals surface area contributed by atoms with Crippen LogP contribution in [-0.4, -0.2) is 19.8 Å². The van der Waals surface area contributed by atoms with Crippen molar-refractivity contribution in [3.8, 4) is 0 Å². The van der Waals surface area contributed by atoms with Crippen molar-refractivity contribution in [2.24, 2.45) is 0 Å². The Hall–Kier alpha value is -0.930. The quantitative estimate of drug-likeness (QED) is 0.764. The molecule has 1 aromatic rings. The molecule has 0 spiro atoms. The Labute approximate surface area is 89.4 Å².